The van der Waals surface area contributed by atoms with Crippen molar-refractivity contribution in [3.63, 3.8) is 0 Å². The Kier molecular flexibility index (Phi) is 8.49. The molecule has 3 rings (SSSR count). The first kappa shape index (κ1) is 22.5. The number of piperazine rings is 1. The fourth-order valence-electron chi connectivity index (χ4n) is 4.16. The molecule has 1 aromatic carbocycles. The number of amides is 1. The van der Waals surface area contributed by atoms with Crippen LogP contribution in [0.4, 0.5) is 0 Å². The number of carbonyl (C=O) groups is 1. The number of nitrogens with zero attached hydrogens (tertiary/aromatic N) is 3. The lowest BCUT2D eigenvalue weighted by molar-refractivity contribution is -0.123. The molecule has 1 aliphatic heterocycles. The summed E-state index contributed by atoms with van der Waals surface area (Å²) in [6, 6.07) is 12.5. The Morgan fingerprint density at radius 3 is 2.40 bits per heavy atom. The summed E-state index contributed by atoms with van der Waals surface area (Å²) in [4.78, 5) is 19.6. The van der Waals surface area contributed by atoms with Crippen LogP contribution in [0.3, 0.4) is 0 Å². The number of likely N-dealkylation sites (N-methyl/N-ethyl adjacent to an activating group) is 1. The van der Waals surface area contributed by atoms with Gasteiger partial charge in [-0.2, -0.15) is 0 Å². The highest BCUT2D eigenvalue weighted by atomic mass is 16.3. The minimum Gasteiger partial charge on any atom is -0.468 e. The van der Waals surface area contributed by atoms with Crippen molar-refractivity contribution in [2.75, 3.05) is 52.4 Å². The minimum atomic E-state index is 0.0740. The molecule has 1 N–H and O–H groups in total. The number of rotatable bonds is 10. The van der Waals surface area contributed by atoms with Gasteiger partial charge in [0.05, 0.1) is 18.8 Å². The van der Waals surface area contributed by atoms with Gasteiger partial charge in [-0.1, -0.05) is 38.1 Å². The summed E-state index contributed by atoms with van der Waals surface area (Å²) in [5, 5.41) is 3.13. The topological polar surface area (TPSA) is 52.0 Å². The van der Waals surface area contributed by atoms with Crippen LogP contribution in [0.5, 0.6) is 0 Å². The molecule has 1 atom stereocenters. The number of aryl methyl sites for hydroxylation is 1. The summed E-state index contributed by atoms with van der Waals surface area (Å²) >= 11 is 0. The number of furan rings is 1. The third-order valence-corrected chi connectivity index (χ3v) is 6.10. The Morgan fingerprint density at radius 1 is 1.07 bits per heavy atom. The second-order valence-corrected chi connectivity index (χ2v) is 8.04. The van der Waals surface area contributed by atoms with Gasteiger partial charge in [-0.15, -0.1) is 0 Å². The number of nitrogens with one attached hydrogen (secondary N) is 1. The number of carbonyl (C=O) groups excluding carboxylic acids is 1. The highest BCUT2D eigenvalue weighted by molar-refractivity contribution is 5.78. The first-order valence-electron chi connectivity index (χ1n) is 11.1. The normalized spacial score (nSPS) is 16.7. The third-order valence-electron chi connectivity index (χ3n) is 6.10. The van der Waals surface area contributed by atoms with E-state index in [4.69, 9.17) is 4.42 Å². The van der Waals surface area contributed by atoms with Gasteiger partial charge in [0.1, 0.15) is 5.76 Å². The van der Waals surface area contributed by atoms with Crippen LogP contribution in [-0.4, -0.2) is 73.0 Å². The molecule has 2 aromatic rings. The van der Waals surface area contributed by atoms with Crippen molar-refractivity contribution in [1.82, 2.24) is 20.0 Å². The highest BCUT2D eigenvalue weighted by Crippen LogP contribution is 2.20. The molecule has 2 heterocycles. The van der Waals surface area contributed by atoms with Crippen LogP contribution in [0.2, 0.25) is 0 Å². The van der Waals surface area contributed by atoms with E-state index in [9.17, 15) is 4.79 Å². The van der Waals surface area contributed by atoms with E-state index in [2.05, 4.69) is 65.1 Å². The lowest BCUT2D eigenvalue weighted by atomic mass is 10.1. The Balaban J connectivity index is 1.43. The average molecular weight is 413 g/mol. The molecule has 1 aliphatic rings. The molecule has 1 fully saturated rings. The Morgan fingerprint density at radius 2 is 1.77 bits per heavy atom. The van der Waals surface area contributed by atoms with Gasteiger partial charge in [-0.05, 0) is 43.3 Å². The van der Waals surface area contributed by atoms with E-state index in [-0.39, 0.29) is 11.9 Å². The zero-order valence-electron chi connectivity index (χ0n) is 18.6. The molecule has 30 heavy (non-hydrogen) atoms. The first-order chi connectivity index (χ1) is 14.6. The van der Waals surface area contributed by atoms with E-state index in [1.807, 2.05) is 12.1 Å². The predicted octanol–water partition coefficient (Wildman–Crippen LogP) is 2.90. The molecule has 0 radical (unpaired) electrons. The number of benzene rings is 1. The maximum absolute atomic E-state index is 12.6. The zero-order valence-corrected chi connectivity index (χ0v) is 18.6. The summed E-state index contributed by atoms with van der Waals surface area (Å²) < 4.78 is 5.62. The molecule has 0 spiro atoms. The molecule has 0 saturated carbocycles. The monoisotopic (exact) mass is 412 g/mol. The van der Waals surface area contributed by atoms with Gasteiger partial charge in [0, 0.05) is 39.3 Å². The van der Waals surface area contributed by atoms with Crippen LogP contribution >= 0.6 is 0 Å². The van der Waals surface area contributed by atoms with Crippen LogP contribution in [0, 0.1) is 6.92 Å². The van der Waals surface area contributed by atoms with Crippen molar-refractivity contribution in [1.29, 1.82) is 0 Å². The largest absolute Gasteiger partial charge is 0.468 e. The van der Waals surface area contributed by atoms with Crippen LogP contribution in [0.25, 0.3) is 0 Å². The first-order valence-corrected chi connectivity index (χ1v) is 11.1. The summed E-state index contributed by atoms with van der Waals surface area (Å²) in [5.41, 5.74) is 2.74. The standard InChI is InChI=1S/C24H36N4O2/c1-4-28(5-2)22(23-11-8-16-30-23)17-25-24(29)19-27-14-12-26(13-15-27)18-21-10-7-6-9-20(21)3/h6-11,16,22H,4-5,12-15,17-19H2,1-3H3,(H,25,29). The highest BCUT2D eigenvalue weighted by Gasteiger charge is 2.23. The quantitative estimate of drug-likeness (QED) is 0.650. The SMILES string of the molecule is CCN(CC)C(CNC(=O)CN1CCN(Cc2ccccc2C)CC1)c1ccco1. The van der Waals surface area contributed by atoms with Gasteiger partial charge in [-0.25, -0.2) is 0 Å². The molecule has 1 saturated heterocycles. The van der Waals surface area contributed by atoms with Crippen LogP contribution in [-0.2, 0) is 11.3 Å². The van der Waals surface area contributed by atoms with Gasteiger partial charge in [-0.3, -0.25) is 19.5 Å². The number of hydrogen-bond acceptors (Lipinski definition) is 5. The zero-order chi connectivity index (χ0) is 21.3. The van der Waals surface area contributed by atoms with Gasteiger partial charge in [0.15, 0.2) is 0 Å². The van der Waals surface area contributed by atoms with Crippen LogP contribution in [0.15, 0.2) is 47.1 Å². The number of hydrogen-bond donors (Lipinski definition) is 1. The van der Waals surface area contributed by atoms with Crippen molar-refractivity contribution < 1.29 is 9.21 Å². The lowest BCUT2D eigenvalue weighted by Gasteiger charge is -2.34. The molecular formula is C24H36N4O2. The molecule has 6 heteroatoms. The molecule has 0 aliphatic carbocycles. The summed E-state index contributed by atoms with van der Waals surface area (Å²) in [5.74, 6) is 0.995. The second-order valence-electron chi connectivity index (χ2n) is 8.04. The molecule has 1 aromatic heterocycles. The molecule has 1 amide bonds. The van der Waals surface area contributed by atoms with Crippen molar-refractivity contribution in [3.8, 4) is 0 Å². The Labute approximate surface area is 180 Å². The molecule has 1 unspecified atom stereocenters. The van der Waals surface area contributed by atoms with Crippen LogP contribution in [0.1, 0.15) is 36.8 Å². The smallest absolute Gasteiger partial charge is 0.234 e. The third kappa shape index (κ3) is 6.17. The minimum absolute atomic E-state index is 0.0740. The second kappa shape index (κ2) is 11.3. The summed E-state index contributed by atoms with van der Waals surface area (Å²) in [7, 11) is 0. The fourth-order valence-corrected chi connectivity index (χ4v) is 4.16. The van der Waals surface area contributed by atoms with Crippen molar-refractivity contribution in [2.24, 2.45) is 0 Å². The molecule has 164 valence electrons. The van der Waals surface area contributed by atoms with E-state index in [0.29, 0.717) is 13.1 Å². The van der Waals surface area contributed by atoms with Crippen molar-refractivity contribution in [2.45, 2.75) is 33.4 Å². The van der Waals surface area contributed by atoms with E-state index >= 15 is 0 Å². The van der Waals surface area contributed by atoms with Crippen LogP contribution < -0.4 is 5.32 Å². The van der Waals surface area contributed by atoms with E-state index in [0.717, 1.165) is 51.6 Å². The fraction of sp³-hybridized carbons (Fsp3) is 0.542. The van der Waals surface area contributed by atoms with E-state index in [1.165, 1.54) is 11.1 Å². The average Bonchev–Trinajstić information content (AvgIpc) is 3.28. The molecule has 6 nitrogen and oxygen atoms in total. The van der Waals surface area contributed by atoms with E-state index < -0.39 is 0 Å². The molecular weight excluding hydrogens is 376 g/mol. The van der Waals surface area contributed by atoms with Gasteiger partial charge >= 0.3 is 0 Å². The van der Waals surface area contributed by atoms with Gasteiger partial charge in [0.25, 0.3) is 0 Å². The lowest BCUT2D eigenvalue weighted by Crippen LogP contribution is -2.49. The van der Waals surface area contributed by atoms with Crippen molar-refractivity contribution in [3.05, 3.63) is 59.5 Å². The molecule has 0 bridgehead atoms. The summed E-state index contributed by atoms with van der Waals surface area (Å²) in [6.07, 6.45) is 1.70. The van der Waals surface area contributed by atoms with Gasteiger partial charge in [0.2, 0.25) is 5.91 Å². The maximum atomic E-state index is 12.6. The predicted molar refractivity (Wildman–Crippen MR) is 120 cm³/mol. The van der Waals surface area contributed by atoms with Gasteiger partial charge < -0.3 is 9.73 Å². The Bertz CT molecular complexity index is 765. The van der Waals surface area contributed by atoms with E-state index in [1.54, 1.807) is 6.26 Å². The Hall–Kier alpha value is -2.15. The van der Waals surface area contributed by atoms with Crippen molar-refractivity contribution >= 4 is 5.91 Å². The maximum Gasteiger partial charge on any atom is 0.234 e. The summed E-state index contributed by atoms with van der Waals surface area (Å²) in [6.45, 7) is 14.1.